The van der Waals surface area contributed by atoms with E-state index >= 15 is 0 Å². The first-order chi connectivity index (χ1) is 37.7. The van der Waals surface area contributed by atoms with Gasteiger partial charge in [-0.15, -0.1) is 0 Å². The maximum atomic E-state index is 5.65. The van der Waals surface area contributed by atoms with Crippen LogP contribution >= 0.6 is 0 Å². The predicted molar refractivity (Wildman–Crippen MR) is 312 cm³/mol. The van der Waals surface area contributed by atoms with Crippen molar-refractivity contribution in [3.63, 3.8) is 0 Å². The molecule has 76 heavy (non-hydrogen) atoms. The number of fused-ring (bicyclic) bond motifs is 13. The molecule has 0 amide bonds. The van der Waals surface area contributed by atoms with Crippen LogP contribution in [-0.2, 0) is 0 Å². The number of para-hydroxylation sites is 10. The molecule has 0 aliphatic carbocycles. The summed E-state index contributed by atoms with van der Waals surface area (Å²) in [4.78, 5) is 21.9. The highest BCUT2D eigenvalue weighted by atomic mass is 28.3. The fraction of sp³-hybridized carbons (Fsp3) is 0. The predicted octanol–water partition coefficient (Wildman–Crippen LogP) is 12.1. The molecule has 0 saturated carbocycles. The van der Waals surface area contributed by atoms with Crippen molar-refractivity contribution in [1.82, 2.24) is 42.4 Å². The van der Waals surface area contributed by atoms with E-state index in [0.717, 1.165) is 66.9 Å². The monoisotopic (exact) mass is 989 g/mol. The van der Waals surface area contributed by atoms with Crippen LogP contribution in [0.25, 0.3) is 106 Å². The molecule has 0 aliphatic rings. The molecule has 0 saturated heterocycles. The summed E-state index contributed by atoms with van der Waals surface area (Å²) in [6.45, 7) is 0. The van der Waals surface area contributed by atoms with E-state index in [1.54, 1.807) is 0 Å². The molecule has 0 spiro atoms. The van der Waals surface area contributed by atoms with Gasteiger partial charge in [0.25, 0.3) is 0 Å². The molecule has 10 heteroatoms. The van der Waals surface area contributed by atoms with Crippen molar-refractivity contribution in [3.05, 3.63) is 261 Å². The van der Waals surface area contributed by atoms with Crippen LogP contribution in [0.4, 0.5) is 0 Å². The molecule has 0 N–H and O–H groups in total. The zero-order chi connectivity index (χ0) is 49.9. The second-order valence-corrected chi connectivity index (χ2v) is 23.3. The number of hydrogen-bond donors (Lipinski definition) is 0. The van der Waals surface area contributed by atoms with Gasteiger partial charge in [-0.2, -0.15) is 0 Å². The number of hydrogen-bond acceptors (Lipinski definition) is 4. The van der Waals surface area contributed by atoms with Gasteiger partial charge in [-0.3, -0.25) is 17.9 Å². The summed E-state index contributed by atoms with van der Waals surface area (Å²) in [5, 5.41) is 7.48. The maximum Gasteiger partial charge on any atom is 0.221 e. The van der Waals surface area contributed by atoms with Crippen LogP contribution in [0.15, 0.2) is 261 Å². The molecule has 0 fully saturated rings. The normalized spacial score (nSPS) is 12.2. The van der Waals surface area contributed by atoms with Crippen LogP contribution in [0.2, 0.25) is 0 Å². The molecule has 0 unspecified atom stereocenters. The first-order valence-electron chi connectivity index (χ1n) is 25.6. The van der Waals surface area contributed by atoms with Crippen molar-refractivity contribution in [3.8, 4) is 28.7 Å². The molecule has 6 heterocycles. The van der Waals surface area contributed by atoms with Gasteiger partial charge in [0.05, 0.1) is 55.2 Å². The number of nitrogens with zero attached hydrogens (tertiary/aromatic N) is 9. The van der Waals surface area contributed by atoms with Crippen LogP contribution in [-0.4, -0.2) is 50.5 Å². The summed E-state index contributed by atoms with van der Waals surface area (Å²) >= 11 is 0. The van der Waals surface area contributed by atoms with E-state index in [-0.39, 0.29) is 0 Å². The highest BCUT2D eigenvalue weighted by Crippen LogP contribution is 2.35. The zero-order valence-electron chi connectivity index (χ0n) is 40.9. The van der Waals surface area contributed by atoms with Gasteiger partial charge in [0.15, 0.2) is 13.9 Å². The van der Waals surface area contributed by atoms with E-state index in [0.29, 0.717) is 17.5 Å². The quantitative estimate of drug-likeness (QED) is 0.112. The molecular formula is C66H43N9Si. The Bertz CT molecular complexity index is 4710. The van der Waals surface area contributed by atoms with Gasteiger partial charge in [0.2, 0.25) is 11.6 Å². The first-order valence-corrected chi connectivity index (χ1v) is 27.6. The minimum Gasteiger partial charge on any atom is -0.309 e. The number of benzene rings is 10. The Labute approximate surface area is 436 Å². The summed E-state index contributed by atoms with van der Waals surface area (Å²) in [6, 6.07) is 93.8. The standard InChI is InChI=1S/C66H43N9Si/c1-3-23-46(24-4-1)76(47-25-5-2-6-26-47,49-28-20-22-45(42-49)71-54-33-11-7-29-50(54)51-30-8-12-34-55(51)71)48-27-19-21-44(41-48)64-69-62(74-60-39-17-15-37-58(60)72-56-35-13-9-31-52(56)67-65(72)74)43-63(70-64)75-61-40-18-16-38-59(61)73-57-36-14-10-32-53(57)68-66(73)75/h1-43H. The lowest BCUT2D eigenvalue weighted by Crippen LogP contribution is -2.74. The highest BCUT2D eigenvalue weighted by Gasteiger charge is 2.42. The van der Waals surface area contributed by atoms with Gasteiger partial charge in [0, 0.05) is 28.1 Å². The zero-order valence-corrected chi connectivity index (χ0v) is 41.9. The third-order valence-corrected chi connectivity index (χ3v) is 20.2. The molecule has 356 valence electrons. The average molecular weight is 990 g/mol. The van der Waals surface area contributed by atoms with Crippen LogP contribution < -0.4 is 20.7 Å². The molecule has 16 aromatic rings. The Kier molecular flexibility index (Phi) is 9.15. The summed E-state index contributed by atoms with van der Waals surface area (Å²) in [7, 11) is -3.17. The fourth-order valence-electron chi connectivity index (χ4n) is 12.3. The first kappa shape index (κ1) is 42.4. The van der Waals surface area contributed by atoms with E-state index in [9.17, 15) is 0 Å². The summed E-state index contributed by atoms with van der Waals surface area (Å²) < 4.78 is 11.3. The minimum atomic E-state index is -3.17. The minimum absolute atomic E-state index is 0.580. The number of imidazole rings is 4. The van der Waals surface area contributed by atoms with Crippen LogP contribution in [0.5, 0.6) is 0 Å². The number of rotatable bonds is 8. The van der Waals surface area contributed by atoms with E-state index in [2.05, 4.69) is 271 Å². The Morgan fingerprint density at radius 2 is 0.684 bits per heavy atom. The van der Waals surface area contributed by atoms with Gasteiger partial charge in [-0.1, -0.05) is 182 Å². The molecule has 9 nitrogen and oxygen atoms in total. The molecule has 0 aliphatic heterocycles. The van der Waals surface area contributed by atoms with Crippen molar-refractivity contribution in [2.45, 2.75) is 0 Å². The topological polar surface area (TPSA) is 75.2 Å². The van der Waals surface area contributed by atoms with Crippen LogP contribution in [0.3, 0.4) is 0 Å². The lowest BCUT2D eigenvalue weighted by atomic mass is 10.2. The Hall–Kier alpha value is -10.2. The van der Waals surface area contributed by atoms with E-state index in [1.807, 2.05) is 12.1 Å². The van der Waals surface area contributed by atoms with E-state index in [4.69, 9.17) is 19.9 Å². The second kappa shape index (κ2) is 16.4. The molecule has 6 aromatic heterocycles. The Morgan fingerprint density at radius 3 is 1.21 bits per heavy atom. The third-order valence-electron chi connectivity index (χ3n) is 15.5. The van der Waals surface area contributed by atoms with Gasteiger partial charge in [-0.05, 0) is 93.5 Å². The molecule has 0 radical (unpaired) electrons. The SMILES string of the molecule is c1ccc([Si](c2ccccc2)(c2cccc(-c3nc(-n4c5ccccc5n5c6ccccc6nc45)cc(-n4c5ccccc5n5c6ccccc6nc45)n3)c2)c2cccc(-n3c4ccccc4c4ccccc43)c2)cc1. The third kappa shape index (κ3) is 6.07. The molecular weight excluding hydrogens is 947 g/mol. The van der Waals surface area contributed by atoms with E-state index < -0.39 is 8.07 Å². The van der Waals surface area contributed by atoms with Gasteiger partial charge in [-0.25, -0.2) is 19.9 Å². The lowest BCUT2D eigenvalue weighted by molar-refractivity contribution is 0.970. The fourth-order valence-corrected chi connectivity index (χ4v) is 17.1. The largest absolute Gasteiger partial charge is 0.309 e. The number of aromatic nitrogens is 9. The van der Waals surface area contributed by atoms with Crippen molar-refractivity contribution in [2.24, 2.45) is 0 Å². The summed E-state index contributed by atoms with van der Waals surface area (Å²) in [6.07, 6.45) is 0. The van der Waals surface area contributed by atoms with Crippen LogP contribution in [0.1, 0.15) is 0 Å². The highest BCUT2D eigenvalue weighted by molar-refractivity contribution is 7.20. The molecule has 0 bridgehead atoms. The van der Waals surface area contributed by atoms with Gasteiger partial charge < -0.3 is 4.57 Å². The molecule has 16 rings (SSSR count). The Morgan fingerprint density at radius 1 is 0.276 bits per heavy atom. The second-order valence-electron chi connectivity index (χ2n) is 19.5. The average Bonchev–Trinajstić information content (AvgIpc) is 4.30. The summed E-state index contributed by atoms with van der Waals surface area (Å²) in [5.74, 6) is 3.49. The van der Waals surface area contributed by atoms with Crippen molar-refractivity contribution >= 4 is 106 Å². The van der Waals surface area contributed by atoms with Gasteiger partial charge in [0.1, 0.15) is 11.6 Å². The summed E-state index contributed by atoms with van der Waals surface area (Å²) in [5.41, 5.74) is 12.3. The molecule has 10 aromatic carbocycles. The Balaban J connectivity index is 0.982. The van der Waals surface area contributed by atoms with E-state index in [1.165, 1.54) is 42.6 Å². The van der Waals surface area contributed by atoms with Crippen molar-refractivity contribution in [1.29, 1.82) is 0 Å². The molecule has 0 atom stereocenters. The van der Waals surface area contributed by atoms with Crippen molar-refractivity contribution < 1.29 is 0 Å². The maximum absolute atomic E-state index is 5.65. The van der Waals surface area contributed by atoms with Crippen molar-refractivity contribution in [2.75, 3.05) is 0 Å². The smallest absolute Gasteiger partial charge is 0.221 e. The van der Waals surface area contributed by atoms with Crippen LogP contribution in [0, 0.1) is 0 Å². The van der Waals surface area contributed by atoms with Gasteiger partial charge >= 0.3 is 0 Å². The lowest BCUT2D eigenvalue weighted by Gasteiger charge is -2.35.